The van der Waals surface area contributed by atoms with Gasteiger partial charge in [-0.3, -0.25) is 0 Å². The Morgan fingerprint density at radius 2 is 1.87 bits per heavy atom. The van der Waals surface area contributed by atoms with Gasteiger partial charge >= 0.3 is 0 Å². The van der Waals surface area contributed by atoms with Crippen LogP contribution in [-0.4, -0.2) is 26.8 Å². The zero-order valence-corrected chi connectivity index (χ0v) is 10.2. The van der Waals surface area contributed by atoms with Gasteiger partial charge in [-0.05, 0) is 56.4 Å². The molecular weight excluding hydrogens is 186 g/mol. The van der Waals surface area contributed by atoms with Crippen molar-refractivity contribution in [1.29, 1.82) is 0 Å². The summed E-state index contributed by atoms with van der Waals surface area (Å²) in [7, 11) is 2.09. The first kappa shape index (κ1) is 11.4. The highest BCUT2D eigenvalue weighted by atomic mass is 16.5. The third-order valence-corrected chi connectivity index (χ3v) is 4.24. The molecule has 88 valence electrons. The van der Waals surface area contributed by atoms with Crippen LogP contribution < -0.4 is 5.32 Å². The zero-order chi connectivity index (χ0) is 10.7. The van der Waals surface area contributed by atoms with E-state index in [1.165, 1.54) is 38.6 Å². The summed E-state index contributed by atoms with van der Waals surface area (Å²) in [5.41, 5.74) is 0.552. The van der Waals surface area contributed by atoms with Gasteiger partial charge in [0.25, 0.3) is 0 Å². The number of ether oxygens (including phenoxy) is 1. The van der Waals surface area contributed by atoms with E-state index in [1.54, 1.807) is 0 Å². The van der Waals surface area contributed by atoms with Crippen molar-refractivity contribution >= 4 is 0 Å². The molecule has 0 amide bonds. The lowest BCUT2D eigenvalue weighted by molar-refractivity contribution is 0.0454. The molecule has 2 fully saturated rings. The zero-order valence-electron chi connectivity index (χ0n) is 10.2. The minimum Gasteiger partial charge on any atom is -0.381 e. The monoisotopic (exact) mass is 211 g/mol. The number of rotatable bonds is 5. The van der Waals surface area contributed by atoms with Crippen LogP contribution in [0.15, 0.2) is 0 Å². The molecule has 2 rings (SSSR count). The highest BCUT2D eigenvalue weighted by molar-refractivity contribution is 4.93. The van der Waals surface area contributed by atoms with E-state index in [0.717, 1.165) is 25.0 Å². The van der Waals surface area contributed by atoms with E-state index >= 15 is 0 Å². The van der Waals surface area contributed by atoms with E-state index in [9.17, 15) is 0 Å². The van der Waals surface area contributed by atoms with Gasteiger partial charge in [0.1, 0.15) is 0 Å². The molecule has 0 aromatic heterocycles. The molecule has 2 aliphatic rings. The van der Waals surface area contributed by atoms with Crippen LogP contribution in [0.25, 0.3) is 0 Å². The highest BCUT2D eigenvalue weighted by Gasteiger charge is 2.42. The van der Waals surface area contributed by atoms with E-state index in [2.05, 4.69) is 19.3 Å². The second kappa shape index (κ2) is 4.84. The fourth-order valence-corrected chi connectivity index (χ4v) is 3.18. The molecule has 1 heterocycles. The molecule has 1 saturated heterocycles. The van der Waals surface area contributed by atoms with Gasteiger partial charge < -0.3 is 10.1 Å². The molecule has 0 radical (unpaired) electrons. The largest absolute Gasteiger partial charge is 0.381 e. The summed E-state index contributed by atoms with van der Waals surface area (Å²) in [4.78, 5) is 0. The van der Waals surface area contributed by atoms with Crippen LogP contribution in [0.1, 0.15) is 39.0 Å². The molecule has 1 saturated carbocycles. The Hall–Kier alpha value is -0.0800. The first-order chi connectivity index (χ1) is 7.24. The van der Waals surface area contributed by atoms with Crippen LogP contribution in [0, 0.1) is 17.3 Å². The Bertz CT molecular complexity index is 197. The molecule has 1 unspecified atom stereocenters. The Morgan fingerprint density at radius 3 is 2.40 bits per heavy atom. The summed E-state index contributed by atoms with van der Waals surface area (Å²) < 4.78 is 5.43. The first-order valence-corrected chi connectivity index (χ1v) is 6.47. The molecule has 2 nitrogen and oxygen atoms in total. The molecule has 1 aliphatic heterocycles. The fraction of sp³-hybridized carbons (Fsp3) is 1.00. The van der Waals surface area contributed by atoms with Crippen LogP contribution in [0.3, 0.4) is 0 Å². The Morgan fingerprint density at radius 1 is 1.20 bits per heavy atom. The second-order valence-corrected chi connectivity index (χ2v) is 5.72. The molecule has 1 aliphatic carbocycles. The summed E-state index contributed by atoms with van der Waals surface area (Å²) >= 11 is 0. The molecule has 1 N–H and O–H groups in total. The predicted octanol–water partition coefficient (Wildman–Crippen LogP) is 2.44. The maximum absolute atomic E-state index is 5.43. The van der Waals surface area contributed by atoms with Crippen molar-refractivity contribution in [2.75, 3.05) is 26.8 Å². The van der Waals surface area contributed by atoms with Crippen molar-refractivity contribution in [3.63, 3.8) is 0 Å². The topological polar surface area (TPSA) is 21.3 Å². The van der Waals surface area contributed by atoms with Gasteiger partial charge in [0, 0.05) is 19.8 Å². The van der Waals surface area contributed by atoms with Crippen molar-refractivity contribution in [3.05, 3.63) is 0 Å². The van der Waals surface area contributed by atoms with E-state index in [-0.39, 0.29) is 0 Å². The first-order valence-electron chi connectivity index (χ1n) is 6.47. The van der Waals surface area contributed by atoms with E-state index < -0.39 is 0 Å². The molecule has 0 bridgehead atoms. The molecule has 15 heavy (non-hydrogen) atoms. The average molecular weight is 211 g/mol. The van der Waals surface area contributed by atoms with Crippen LogP contribution >= 0.6 is 0 Å². The molecule has 0 aromatic carbocycles. The quantitative estimate of drug-likeness (QED) is 0.754. The highest BCUT2D eigenvalue weighted by Crippen LogP contribution is 2.49. The van der Waals surface area contributed by atoms with Gasteiger partial charge in [0.15, 0.2) is 0 Å². The third kappa shape index (κ3) is 2.94. The van der Waals surface area contributed by atoms with Crippen molar-refractivity contribution in [1.82, 2.24) is 5.32 Å². The fourth-order valence-electron chi connectivity index (χ4n) is 3.18. The Kier molecular flexibility index (Phi) is 3.68. The third-order valence-electron chi connectivity index (χ3n) is 4.24. The van der Waals surface area contributed by atoms with Crippen molar-refractivity contribution in [2.24, 2.45) is 17.3 Å². The lowest BCUT2D eigenvalue weighted by atomic mass is 9.74. The van der Waals surface area contributed by atoms with Crippen LogP contribution in [0.2, 0.25) is 0 Å². The molecular formula is C13H25NO. The maximum Gasteiger partial charge on any atom is 0.0468 e. The van der Waals surface area contributed by atoms with Gasteiger partial charge in [-0.15, -0.1) is 0 Å². The second-order valence-electron chi connectivity index (χ2n) is 5.72. The molecule has 0 aromatic rings. The summed E-state index contributed by atoms with van der Waals surface area (Å²) in [5, 5.41) is 3.39. The number of hydrogen-bond acceptors (Lipinski definition) is 2. The van der Waals surface area contributed by atoms with Crippen molar-refractivity contribution in [3.8, 4) is 0 Å². The molecule has 1 atom stereocenters. The van der Waals surface area contributed by atoms with E-state index in [0.29, 0.717) is 5.41 Å². The minimum atomic E-state index is 0.552. The van der Waals surface area contributed by atoms with Gasteiger partial charge in [0.2, 0.25) is 0 Å². The predicted molar refractivity (Wildman–Crippen MR) is 62.9 cm³/mol. The van der Waals surface area contributed by atoms with Gasteiger partial charge in [-0.25, -0.2) is 0 Å². The number of hydrogen-bond donors (Lipinski definition) is 1. The molecule has 0 spiro atoms. The van der Waals surface area contributed by atoms with Crippen molar-refractivity contribution < 1.29 is 4.74 Å². The minimum absolute atomic E-state index is 0.552. The SMILES string of the molecule is CNCC(C)(CC1CCOCC1)C1CC1. The average Bonchev–Trinajstić information content (AvgIpc) is 3.02. The Labute approximate surface area is 93.8 Å². The van der Waals surface area contributed by atoms with E-state index in [4.69, 9.17) is 4.74 Å². The number of nitrogens with one attached hydrogen (secondary N) is 1. The summed E-state index contributed by atoms with van der Waals surface area (Å²) in [6.45, 7) is 5.65. The van der Waals surface area contributed by atoms with Crippen molar-refractivity contribution in [2.45, 2.75) is 39.0 Å². The van der Waals surface area contributed by atoms with Crippen LogP contribution in [0.4, 0.5) is 0 Å². The normalized spacial score (nSPS) is 27.6. The smallest absolute Gasteiger partial charge is 0.0468 e. The summed E-state index contributed by atoms with van der Waals surface area (Å²) in [6.07, 6.45) is 6.89. The lowest BCUT2D eigenvalue weighted by Crippen LogP contribution is -2.35. The standard InChI is InChI=1S/C13H25NO/c1-13(10-14-2,12-3-4-12)9-11-5-7-15-8-6-11/h11-12,14H,3-10H2,1-2H3. The van der Waals surface area contributed by atoms with Gasteiger partial charge in [0.05, 0.1) is 0 Å². The van der Waals surface area contributed by atoms with Gasteiger partial charge in [-0.2, -0.15) is 0 Å². The lowest BCUT2D eigenvalue weighted by Gasteiger charge is -2.35. The summed E-state index contributed by atoms with van der Waals surface area (Å²) in [6, 6.07) is 0. The Balaban J connectivity index is 1.87. The van der Waals surface area contributed by atoms with Crippen LogP contribution in [0.5, 0.6) is 0 Å². The summed E-state index contributed by atoms with van der Waals surface area (Å²) in [5.74, 6) is 1.91. The van der Waals surface area contributed by atoms with Crippen LogP contribution in [-0.2, 0) is 4.74 Å². The van der Waals surface area contributed by atoms with E-state index in [1.807, 2.05) is 0 Å². The maximum atomic E-state index is 5.43. The molecule has 2 heteroatoms. The van der Waals surface area contributed by atoms with Gasteiger partial charge in [-0.1, -0.05) is 6.92 Å².